The van der Waals surface area contributed by atoms with Crippen molar-refractivity contribution in [2.24, 2.45) is 0 Å². The first-order chi connectivity index (χ1) is 11.5. The Balaban J connectivity index is 2.33. The van der Waals surface area contributed by atoms with Crippen molar-refractivity contribution in [1.29, 1.82) is 0 Å². The summed E-state index contributed by atoms with van der Waals surface area (Å²) in [7, 11) is -4.01. The molecule has 1 aromatic heterocycles. The fraction of sp³-hybridized carbons (Fsp3) is 0.312. The summed E-state index contributed by atoms with van der Waals surface area (Å²) in [6, 6.07) is 8.54. The molecule has 0 bridgehead atoms. The zero-order valence-corrected chi connectivity index (χ0v) is 14.9. The van der Waals surface area contributed by atoms with E-state index < -0.39 is 28.3 Å². The number of hydrogen-bond acceptors (Lipinski definition) is 4. The summed E-state index contributed by atoms with van der Waals surface area (Å²) in [5.41, 5.74) is -0.142. The van der Waals surface area contributed by atoms with Gasteiger partial charge in [-0.2, -0.15) is 0 Å². The van der Waals surface area contributed by atoms with Crippen LogP contribution in [0.2, 0.25) is 0 Å². The molecule has 0 saturated carbocycles. The van der Waals surface area contributed by atoms with Gasteiger partial charge in [0.05, 0.1) is 5.69 Å². The molecule has 1 N–H and O–H groups in total. The Morgan fingerprint density at radius 1 is 1.25 bits per heavy atom. The lowest BCUT2D eigenvalue weighted by molar-refractivity contribution is -0.119. The van der Waals surface area contributed by atoms with Crippen molar-refractivity contribution < 1.29 is 17.6 Å². The summed E-state index contributed by atoms with van der Waals surface area (Å²) in [4.78, 5) is 12.1. The summed E-state index contributed by atoms with van der Waals surface area (Å²) >= 11 is 1.02. The SMILES string of the molecule is CCCCNC(=O)CN(c1ccccc1F)S(=O)(=O)c1cccs1. The van der Waals surface area contributed by atoms with E-state index in [1.54, 1.807) is 11.4 Å². The first kappa shape index (κ1) is 18.4. The van der Waals surface area contributed by atoms with E-state index in [-0.39, 0.29) is 9.90 Å². The second-order valence-electron chi connectivity index (χ2n) is 5.10. The van der Waals surface area contributed by atoms with Crippen LogP contribution >= 0.6 is 11.3 Å². The van der Waals surface area contributed by atoms with Gasteiger partial charge in [-0.25, -0.2) is 12.8 Å². The number of nitrogens with zero attached hydrogens (tertiary/aromatic N) is 1. The van der Waals surface area contributed by atoms with Crippen molar-refractivity contribution in [3.8, 4) is 0 Å². The van der Waals surface area contributed by atoms with Crippen molar-refractivity contribution >= 4 is 33.0 Å². The number of hydrogen-bond donors (Lipinski definition) is 1. The predicted octanol–water partition coefficient (Wildman–Crippen LogP) is 3.00. The predicted molar refractivity (Wildman–Crippen MR) is 93.2 cm³/mol. The van der Waals surface area contributed by atoms with Gasteiger partial charge in [-0.3, -0.25) is 9.10 Å². The van der Waals surface area contributed by atoms with E-state index in [2.05, 4.69) is 5.32 Å². The molecule has 0 atom stereocenters. The Kier molecular flexibility index (Phi) is 6.33. The molecule has 0 aliphatic heterocycles. The van der Waals surface area contributed by atoms with E-state index in [0.29, 0.717) is 6.54 Å². The van der Waals surface area contributed by atoms with Gasteiger partial charge >= 0.3 is 0 Å². The average Bonchev–Trinajstić information content (AvgIpc) is 3.09. The number of halogens is 1. The highest BCUT2D eigenvalue weighted by Crippen LogP contribution is 2.28. The van der Waals surface area contributed by atoms with Crippen LogP contribution in [-0.2, 0) is 14.8 Å². The molecule has 1 amide bonds. The lowest BCUT2D eigenvalue weighted by atomic mass is 10.3. The quantitative estimate of drug-likeness (QED) is 0.727. The lowest BCUT2D eigenvalue weighted by Gasteiger charge is -2.23. The first-order valence-electron chi connectivity index (χ1n) is 7.54. The fourth-order valence-electron chi connectivity index (χ4n) is 2.06. The van der Waals surface area contributed by atoms with Crippen LogP contribution < -0.4 is 9.62 Å². The van der Waals surface area contributed by atoms with Crippen LogP contribution in [0.4, 0.5) is 10.1 Å². The van der Waals surface area contributed by atoms with Gasteiger partial charge in [0.25, 0.3) is 10.0 Å². The molecule has 1 heterocycles. The number of rotatable bonds is 8. The van der Waals surface area contributed by atoms with Crippen LogP contribution in [0, 0.1) is 5.82 Å². The maximum absolute atomic E-state index is 14.1. The molecule has 0 aliphatic rings. The standard InChI is InChI=1S/C16H19FN2O3S2/c1-2-3-10-18-15(20)12-19(14-8-5-4-7-13(14)17)24(21,22)16-9-6-11-23-16/h4-9,11H,2-3,10,12H2,1H3,(H,18,20). The van der Waals surface area contributed by atoms with Crippen LogP contribution in [-0.4, -0.2) is 27.4 Å². The molecule has 0 radical (unpaired) electrons. The topological polar surface area (TPSA) is 66.5 Å². The molecule has 0 saturated heterocycles. The second kappa shape index (κ2) is 8.25. The minimum Gasteiger partial charge on any atom is -0.355 e. The minimum absolute atomic E-state index is 0.0621. The smallest absolute Gasteiger partial charge is 0.274 e. The number of amides is 1. The molecular formula is C16H19FN2O3S2. The number of anilines is 1. The maximum Gasteiger partial charge on any atom is 0.274 e. The molecule has 0 fully saturated rings. The van der Waals surface area contributed by atoms with Crippen molar-refractivity contribution in [1.82, 2.24) is 5.32 Å². The Morgan fingerprint density at radius 2 is 2.00 bits per heavy atom. The zero-order chi connectivity index (χ0) is 17.6. The van der Waals surface area contributed by atoms with Crippen LogP contribution in [0.3, 0.4) is 0 Å². The second-order valence-corrected chi connectivity index (χ2v) is 8.14. The number of benzene rings is 1. The number of unbranched alkanes of at least 4 members (excludes halogenated alkanes) is 1. The largest absolute Gasteiger partial charge is 0.355 e. The maximum atomic E-state index is 14.1. The molecule has 1 aromatic carbocycles. The third kappa shape index (κ3) is 4.33. The van der Waals surface area contributed by atoms with Gasteiger partial charge in [-0.1, -0.05) is 31.5 Å². The number of sulfonamides is 1. The number of carbonyl (C=O) groups excluding carboxylic acids is 1. The third-order valence-corrected chi connectivity index (χ3v) is 6.43. The molecule has 130 valence electrons. The Labute approximate surface area is 145 Å². The van der Waals surface area contributed by atoms with Gasteiger partial charge in [0.15, 0.2) is 0 Å². The Bertz CT molecular complexity index is 776. The van der Waals surface area contributed by atoms with Crippen molar-refractivity contribution in [3.05, 3.63) is 47.6 Å². The van der Waals surface area contributed by atoms with E-state index in [1.807, 2.05) is 6.92 Å². The summed E-state index contributed by atoms with van der Waals surface area (Å²) in [6.07, 6.45) is 1.70. The molecule has 0 aliphatic carbocycles. The van der Waals surface area contributed by atoms with E-state index in [9.17, 15) is 17.6 Å². The number of carbonyl (C=O) groups is 1. The lowest BCUT2D eigenvalue weighted by Crippen LogP contribution is -2.41. The number of thiophene rings is 1. The van der Waals surface area contributed by atoms with Crippen LogP contribution in [0.25, 0.3) is 0 Å². The van der Waals surface area contributed by atoms with Gasteiger partial charge in [0, 0.05) is 6.54 Å². The van der Waals surface area contributed by atoms with Crippen molar-refractivity contribution in [2.75, 3.05) is 17.4 Å². The number of para-hydroxylation sites is 1. The highest BCUT2D eigenvalue weighted by atomic mass is 32.2. The Morgan fingerprint density at radius 3 is 2.62 bits per heavy atom. The molecular weight excluding hydrogens is 351 g/mol. The van der Waals surface area contributed by atoms with Crippen molar-refractivity contribution in [3.63, 3.8) is 0 Å². The van der Waals surface area contributed by atoms with E-state index in [0.717, 1.165) is 28.5 Å². The molecule has 8 heteroatoms. The highest BCUT2D eigenvalue weighted by molar-refractivity contribution is 7.94. The summed E-state index contributed by atoms with van der Waals surface area (Å²) in [5.74, 6) is -1.16. The van der Waals surface area contributed by atoms with E-state index >= 15 is 0 Å². The van der Waals surface area contributed by atoms with Crippen molar-refractivity contribution in [2.45, 2.75) is 24.0 Å². The monoisotopic (exact) mass is 370 g/mol. The minimum atomic E-state index is -4.01. The fourth-order valence-corrected chi connectivity index (χ4v) is 4.60. The normalized spacial score (nSPS) is 11.2. The van der Waals surface area contributed by atoms with Gasteiger partial charge in [0.2, 0.25) is 5.91 Å². The Hall–Kier alpha value is -1.93. The number of nitrogens with one attached hydrogen (secondary N) is 1. The summed E-state index contributed by atoms with van der Waals surface area (Å²) in [5, 5.41) is 4.28. The molecule has 2 rings (SSSR count). The molecule has 0 spiro atoms. The van der Waals surface area contributed by atoms with Crippen LogP contribution in [0.1, 0.15) is 19.8 Å². The average molecular weight is 370 g/mol. The van der Waals surface area contributed by atoms with Gasteiger partial charge < -0.3 is 5.32 Å². The molecule has 0 unspecified atom stereocenters. The molecule has 5 nitrogen and oxygen atoms in total. The van der Waals surface area contributed by atoms with Crippen LogP contribution in [0.15, 0.2) is 46.0 Å². The summed E-state index contributed by atoms with van der Waals surface area (Å²) < 4.78 is 40.6. The van der Waals surface area contributed by atoms with E-state index in [1.165, 1.54) is 30.3 Å². The van der Waals surface area contributed by atoms with E-state index in [4.69, 9.17) is 0 Å². The van der Waals surface area contributed by atoms with Crippen LogP contribution in [0.5, 0.6) is 0 Å². The third-order valence-electron chi connectivity index (χ3n) is 3.30. The highest BCUT2D eigenvalue weighted by Gasteiger charge is 2.29. The first-order valence-corrected chi connectivity index (χ1v) is 9.86. The zero-order valence-electron chi connectivity index (χ0n) is 13.2. The van der Waals surface area contributed by atoms with Gasteiger partial charge in [-0.05, 0) is 30.0 Å². The van der Waals surface area contributed by atoms with Gasteiger partial charge in [-0.15, -0.1) is 11.3 Å². The molecule has 2 aromatic rings. The molecule has 24 heavy (non-hydrogen) atoms. The van der Waals surface area contributed by atoms with Gasteiger partial charge in [0.1, 0.15) is 16.6 Å². The summed E-state index contributed by atoms with van der Waals surface area (Å²) in [6.45, 7) is 1.98.